The maximum atomic E-state index is 11.8. The van der Waals surface area contributed by atoms with Crippen LogP contribution >= 0.6 is 0 Å². The van der Waals surface area contributed by atoms with Crippen LogP contribution in [-0.2, 0) is 9.59 Å². The lowest BCUT2D eigenvalue weighted by molar-refractivity contribution is -0.129. The number of hydrogen-bond donors (Lipinski definition) is 2. The maximum absolute atomic E-state index is 11.8. The zero-order chi connectivity index (χ0) is 12.0. The molecule has 4 heteroatoms. The Bertz CT molecular complexity index is 227. The van der Waals surface area contributed by atoms with Gasteiger partial charge in [-0.25, -0.2) is 0 Å². The van der Waals surface area contributed by atoms with Gasteiger partial charge in [-0.2, -0.15) is 0 Å². The molecule has 2 amide bonds. The normalized spacial score (nSPS) is 14.5. The lowest BCUT2D eigenvalue weighted by atomic mass is 10.0. The molecule has 0 saturated carbocycles. The van der Waals surface area contributed by atoms with Crippen LogP contribution in [0.25, 0.3) is 0 Å². The van der Waals surface area contributed by atoms with Crippen LogP contribution in [0.4, 0.5) is 0 Å². The molecular weight excluding hydrogens is 192 g/mol. The summed E-state index contributed by atoms with van der Waals surface area (Å²) in [5, 5.41) is 5.52. The van der Waals surface area contributed by atoms with Crippen molar-refractivity contribution in [3.8, 4) is 0 Å². The second-order valence-corrected chi connectivity index (χ2v) is 4.24. The third-order valence-electron chi connectivity index (χ3n) is 2.31. The van der Waals surface area contributed by atoms with Crippen LogP contribution in [-0.4, -0.2) is 23.9 Å². The largest absolute Gasteiger partial charge is 0.352 e. The number of hydrogen-bond acceptors (Lipinski definition) is 2. The molecule has 0 radical (unpaired) electrons. The summed E-state index contributed by atoms with van der Waals surface area (Å²) in [7, 11) is 0. The first kappa shape index (κ1) is 13.9. The molecule has 88 valence electrons. The summed E-state index contributed by atoms with van der Waals surface area (Å²) >= 11 is 0. The third kappa shape index (κ3) is 5.40. The Kier molecular flexibility index (Phi) is 5.97. The molecular formula is C11H22N2O2. The average molecular weight is 214 g/mol. The monoisotopic (exact) mass is 214 g/mol. The first-order valence-corrected chi connectivity index (χ1v) is 5.46. The summed E-state index contributed by atoms with van der Waals surface area (Å²) in [6.07, 6.45) is 0.886. The Hall–Kier alpha value is -1.06. The van der Waals surface area contributed by atoms with Gasteiger partial charge in [0.2, 0.25) is 11.8 Å². The fourth-order valence-electron chi connectivity index (χ4n) is 1.19. The van der Waals surface area contributed by atoms with Crippen LogP contribution in [0.5, 0.6) is 0 Å². The molecule has 15 heavy (non-hydrogen) atoms. The van der Waals surface area contributed by atoms with E-state index < -0.39 is 6.04 Å². The number of carbonyl (C=O) groups excluding carboxylic acids is 2. The molecule has 0 spiro atoms. The van der Waals surface area contributed by atoms with Gasteiger partial charge in [0.25, 0.3) is 0 Å². The van der Waals surface area contributed by atoms with Crippen LogP contribution in [0.1, 0.15) is 41.0 Å². The average Bonchev–Trinajstić information content (AvgIpc) is 2.12. The van der Waals surface area contributed by atoms with Crippen LogP contribution in [0, 0.1) is 5.92 Å². The molecule has 0 aromatic heterocycles. The molecule has 0 aliphatic rings. The van der Waals surface area contributed by atoms with E-state index in [2.05, 4.69) is 10.6 Å². The molecule has 0 rings (SSSR count). The first-order valence-electron chi connectivity index (χ1n) is 5.46. The Labute approximate surface area is 91.8 Å². The molecule has 0 aromatic carbocycles. The Morgan fingerprint density at radius 1 is 1.13 bits per heavy atom. The minimum absolute atomic E-state index is 0.0953. The summed E-state index contributed by atoms with van der Waals surface area (Å²) in [5.41, 5.74) is 0. The fraction of sp³-hybridized carbons (Fsp3) is 0.818. The topological polar surface area (TPSA) is 58.2 Å². The Morgan fingerprint density at radius 3 is 2.00 bits per heavy atom. The van der Waals surface area contributed by atoms with Crippen molar-refractivity contribution in [3.05, 3.63) is 0 Å². The van der Waals surface area contributed by atoms with E-state index in [1.54, 1.807) is 0 Å². The lowest BCUT2D eigenvalue weighted by Crippen LogP contribution is -2.51. The quantitative estimate of drug-likeness (QED) is 0.719. The summed E-state index contributed by atoms with van der Waals surface area (Å²) < 4.78 is 0. The molecule has 0 aromatic rings. The van der Waals surface area contributed by atoms with Crippen molar-refractivity contribution in [2.45, 2.75) is 53.1 Å². The SMILES string of the molecule is CC[C@@H](C)NC(=O)[C@@H](NC(C)=O)C(C)C. The highest BCUT2D eigenvalue weighted by Crippen LogP contribution is 2.02. The van der Waals surface area contributed by atoms with Crippen LogP contribution in [0.3, 0.4) is 0 Å². The van der Waals surface area contributed by atoms with E-state index in [4.69, 9.17) is 0 Å². The highest BCUT2D eigenvalue weighted by molar-refractivity contribution is 5.87. The van der Waals surface area contributed by atoms with Crippen molar-refractivity contribution < 1.29 is 9.59 Å². The van der Waals surface area contributed by atoms with Gasteiger partial charge in [0.15, 0.2) is 0 Å². The van der Waals surface area contributed by atoms with Crippen LogP contribution in [0.2, 0.25) is 0 Å². The molecule has 0 fully saturated rings. The number of rotatable bonds is 5. The van der Waals surface area contributed by atoms with Gasteiger partial charge in [0.1, 0.15) is 6.04 Å². The highest BCUT2D eigenvalue weighted by atomic mass is 16.2. The molecule has 0 heterocycles. The van der Waals surface area contributed by atoms with E-state index in [1.165, 1.54) is 6.92 Å². The minimum atomic E-state index is -0.434. The van der Waals surface area contributed by atoms with E-state index >= 15 is 0 Å². The van der Waals surface area contributed by atoms with Gasteiger partial charge in [-0.15, -0.1) is 0 Å². The van der Waals surface area contributed by atoms with Gasteiger partial charge in [0, 0.05) is 13.0 Å². The number of amides is 2. The molecule has 2 atom stereocenters. The molecule has 0 saturated heterocycles. The molecule has 0 aliphatic heterocycles. The van der Waals surface area contributed by atoms with E-state index in [9.17, 15) is 9.59 Å². The molecule has 0 aliphatic carbocycles. The van der Waals surface area contributed by atoms with Crippen LogP contribution < -0.4 is 10.6 Å². The molecule has 4 nitrogen and oxygen atoms in total. The van der Waals surface area contributed by atoms with Gasteiger partial charge in [-0.1, -0.05) is 20.8 Å². The summed E-state index contributed by atoms with van der Waals surface area (Å²) in [5.74, 6) is -0.180. The highest BCUT2D eigenvalue weighted by Gasteiger charge is 2.23. The first-order chi connectivity index (χ1) is 6.88. The van der Waals surface area contributed by atoms with Crippen molar-refractivity contribution in [1.82, 2.24) is 10.6 Å². The third-order valence-corrected chi connectivity index (χ3v) is 2.31. The Balaban J connectivity index is 4.35. The smallest absolute Gasteiger partial charge is 0.243 e. The van der Waals surface area contributed by atoms with Crippen molar-refractivity contribution in [1.29, 1.82) is 0 Å². The Morgan fingerprint density at radius 2 is 1.67 bits per heavy atom. The van der Waals surface area contributed by atoms with Gasteiger partial charge in [0.05, 0.1) is 0 Å². The van der Waals surface area contributed by atoms with E-state index in [0.29, 0.717) is 0 Å². The van der Waals surface area contributed by atoms with Crippen molar-refractivity contribution in [2.24, 2.45) is 5.92 Å². The second-order valence-electron chi connectivity index (χ2n) is 4.24. The van der Waals surface area contributed by atoms with Gasteiger partial charge < -0.3 is 10.6 Å². The summed E-state index contributed by atoms with van der Waals surface area (Å²) in [4.78, 5) is 22.7. The zero-order valence-corrected chi connectivity index (χ0v) is 10.3. The van der Waals surface area contributed by atoms with Crippen LogP contribution in [0.15, 0.2) is 0 Å². The van der Waals surface area contributed by atoms with Gasteiger partial charge in [-0.05, 0) is 19.3 Å². The lowest BCUT2D eigenvalue weighted by Gasteiger charge is -2.22. The van der Waals surface area contributed by atoms with E-state index in [1.807, 2.05) is 27.7 Å². The minimum Gasteiger partial charge on any atom is -0.352 e. The zero-order valence-electron chi connectivity index (χ0n) is 10.3. The molecule has 0 bridgehead atoms. The van der Waals surface area contributed by atoms with E-state index in [-0.39, 0.29) is 23.8 Å². The standard InChI is InChI=1S/C11H22N2O2/c1-6-8(4)12-11(15)10(7(2)3)13-9(5)14/h7-8,10H,6H2,1-5H3,(H,12,15)(H,13,14)/t8-,10+/m1/s1. The number of carbonyl (C=O) groups is 2. The van der Waals surface area contributed by atoms with Crippen molar-refractivity contribution in [3.63, 3.8) is 0 Å². The van der Waals surface area contributed by atoms with Crippen molar-refractivity contribution >= 4 is 11.8 Å². The predicted octanol–water partition coefficient (Wildman–Crippen LogP) is 1.06. The second kappa shape index (κ2) is 6.43. The van der Waals surface area contributed by atoms with Gasteiger partial charge >= 0.3 is 0 Å². The number of nitrogens with one attached hydrogen (secondary N) is 2. The van der Waals surface area contributed by atoms with Crippen molar-refractivity contribution in [2.75, 3.05) is 0 Å². The molecule has 0 unspecified atom stereocenters. The summed E-state index contributed by atoms with van der Waals surface area (Å²) in [6, 6.07) is -0.288. The van der Waals surface area contributed by atoms with Gasteiger partial charge in [-0.3, -0.25) is 9.59 Å². The predicted molar refractivity (Wildman–Crippen MR) is 60.3 cm³/mol. The maximum Gasteiger partial charge on any atom is 0.243 e. The summed E-state index contributed by atoms with van der Waals surface area (Å²) in [6.45, 7) is 9.20. The fourth-order valence-corrected chi connectivity index (χ4v) is 1.19. The molecule has 2 N–H and O–H groups in total. The van der Waals surface area contributed by atoms with E-state index in [0.717, 1.165) is 6.42 Å².